The van der Waals surface area contributed by atoms with Crippen molar-refractivity contribution in [3.05, 3.63) is 61.7 Å². The number of carbonyl (C=O) groups excluding carboxylic acids is 1. The highest BCUT2D eigenvalue weighted by atomic mass is 16.8. The van der Waals surface area contributed by atoms with Gasteiger partial charge in [-0.2, -0.15) is 5.23 Å². The Morgan fingerprint density at radius 1 is 1.14 bits per heavy atom. The first kappa shape index (κ1) is 24.0. The number of benzene rings is 1. The Bertz CT molecular complexity index is 1480. The van der Waals surface area contributed by atoms with Gasteiger partial charge in [0.25, 0.3) is 5.56 Å². The second-order valence-corrected chi connectivity index (χ2v) is 9.26. The summed E-state index contributed by atoms with van der Waals surface area (Å²) < 4.78 is 13.5. The number of likely N-dealkylation sites (tertiary alicyclic amines) is 1. The number of aryl methyl sites for hydroxylation is 1. The Labute approximate surface area is 205 Å². The summed E-state index contributed by atoms with van der Waals surface area (Å²) in [4.78, 5) is 45.5. The largest absolute Gasteiger partial charge is 0.595 e. The lowest BCUT2D eigenvalue weighted by molar-refractivity contribution is -0.992. The van der Waals surface area contributed by atoms with Gasteiger partial charge in [-0.05, 0) is 31.4 Å². The van der Waals surface area contributed by atoms with E-state index in [4.69, 9.17) is 9.47 Å². The molecular weight excluding hydrogens is 470 g/mol. The normalized spacial score (nSPS) is 19.6. The molecule has 0 spiro atoms. The number of amides is 1. The van der Waals surface area contributed by atoms with Gasteiger partial charge in [0.15, 0.2) is 11.5 Å². The molecule has 4 heterocycles. The van der Waals surface area contributed by atoms with Crippen LogP contribution < -0.4 is 25.8 Å². The van der Waals surface area contributed by atoms with Gasteiger partial charge in [-0.15, -0.1) is 0 Å². The first-order valence-electron chi connectivity index (χ1n) is 11.6. The van der Waals surface area contributed by atoms with Gasteiger partial charge in [0, 0.05) is 43.4 Å². The first-order valence-corrected chi connectivity index (χ1v) is 11.6. The fourth-order valence-corrected chi connectivity index (χ4v) is 5.39. The third-order valence-electron chi connectivity index (χ3n) is 7.13. The van der Waals surface area contributed by atoms with E-state index in [0.717, 1.165) is 12.1 Å². The molecule has 2 aliphatic rings. The standard InChI is InChI=1S/C24H27N5O7/c1-13-25-17-8-21(36-3)20(35-2)7-16(17)23(31)27(13)12-22(30)26-9-14-6-15(11-26)18-4-5-19(29(33)34)24(32)28(18)10-14/h4-5,7-8,14-15,29,33H,6,9-12H2,1-3H3. The molecule has 12 nitrogen and oxygen atoms in total. The van der Waals surface area contributed by atoms with Crippen molar-refractivity contribution in [2.45, 2.75) is 32.4 Å². The number of fused-ring (bicyclic) bond motifs is 5. The van der Waals surface area contributed by atoms with Crippen LogP contribution in [0.15, 0.2) is 33.9 Å². The molecule has 0 aliphatic carbocycles. The fourth-order valence-electron chi connectivity index (χ4n) is 5.39. The minimum atomic E-state index is -1.25. The lowest BCUT2D eigenvalue weighted by atomic mass is 9.83. The summed E-state index contributed by atoms with van der Waals surface area (Å²) in [7, 11) is 2.99. The molecular formula is C24H27N5O7. The number of aromatic nitrogens is 3. The minimum absolute atomic E-state index is 0.0196. The van der Waals surface area contributed by atoms with Gasteiger partial charge in [-0.25, -0.2) is 10.2 Å². The molecule has 36 heavy (non-hydrogen) atoms. The van der Waals surface area contributed by atoms with Gasteiger partial charge in [0.1, 0.15) is 12.4 Å². The lowest BCUT2D eigenvalue weighted by Crippen LogP contribution is -3.00. The molecule has 5 rings (SSSR count). The van der Waals surface area contributed by atoms with Crippen LogP contribution in [0.3, 0.4) is 0 Å². The van der Waals surface area contributed by atoms with Gasteiger partial charge < -0.3 is 24.1 Å². The maximum Gasteiger partial charge on any atom is 0.315 e. The maximum atomic E-state index is 13.3. The molecule has 0 radical (unpaired) electrons. The van der Waals surface area contributed by atoms with E-state index >= 15 is 0 Å². The number of carbonyl (C=O) groups is 1. The summed E-state index contributed by atoms with van der Waals surface area (Å²) in [5, 5.41) is 19.7. The van der Waals surface area contributed by atoms with Gasteiger partial charge in [-0.1, -0.05) is 0 Å². The number of pyridine rings is 1. The summed E-state index contributed by atoms with van der Waals surface area (Å²) in [5.41, 5.74) is 0.0854. The van der Waals surface area contributed by atoms with Crippen LogP contribution in [-0.2, 0) is 17.9 Å². The Kier molecular flexibility index (Phi) is 6.02. The van der Waals surface area contributed by atoms with Gasteiger partial charge in [0.05, 0.1) is 25.1 Å². The monoisotopic (exact) mass is 497 g/mol. The zero-order valence-electron chi connectivity index (χ0n) is 20.2. The van der Waals surface area contributed by atoms with Crippen molar-refractivity contribution < 1.29 is 24.7 Å². The van der Waals surface area contributed by atoms with E-state index in [2.05, 4.69) is 4.98 Å². The zero-order chi connectivity index (χ0) is 25.7. The van der Waals surface area contributed by atoms with Gasteiger partial charge in [0.2, 0.25) is 11.6 Å². The van der Waals surface area contributed by atoms with E-state index < -0.39 is 10.8 Å². The Balaban J connectivity index is 1.42. The first-order chi connectivity index (χ1) is 17.2. The summed E-state index contributed by atoms with van der Waals surface area (Å²) >= 11 is 0. The quantitative estimate of drug-likeness (QED) is 0.467. The van der Waals surface area contributed by atoms with Gasteiger partial charge >= 0.3 is 5.56 Å². The summed E-state index contributed by atoms with van der Waals surface area (Å²) in [5.74, 6) is 0.986. The topological polar surface area (TPSA) is 143 Å². The van der Waals surface area contributed by atoms with Crippen LogP contribution in [0, 0.1) is 18.0 Å². The van der Waals surface area contributed by atoms with E-state index in [0.29, 0.717) is 47.9 Å². The molecule has 12 heteroatoms. The Hall–Kier alpha value is -3.74. The van der Waals surface area contributed by atoms with Crippen LogP contribution in [0.1, 0.15) is 23.9 Å². The average molecular weight is 498 g/mol. The summed E-state index contributed by atoms with van der Waals surface area (Å²) in [6.45, 7) is 2.69. The van der Waals surface area contributed by atoms with Crippen molar-refractivity contribution in [1.82, 2.24) is 19.0 Å². The third kappa shape index (κ3) is 3.92. The molecule has 1 fully saturated rings. The van der Waals surface area contributed by atoms with Crippen LogP contribution in [-0.4, -0.2) is 57.4 Å². The van der Waals surface area contributed by atoms with Gasteiger partial charge in [-0.3, -0.25) is 19.0 Å². The van der Waals surface area contributed by atoms with Crippen molar-refractivity contribution in [2.75, 3.05) is 27.3 Å². The van der Waals surface area contributed by atoms with E-state index in [1.54, 1.807) is 30.0 Å². The average Bonchev–Trinajstić information content (AvgIpc) is 2.86. The van der Waals surface area contributed by atoms with E-state index in [1.165, 1.54) is 29.4 Å². The molecule has 1 amide bonds. The lowest BCUT2D eigenvalue weighted by Gasteiger charge is -2.43. The summed E-state index contributed by atoms with van der Waals surface area (Å²) in [6.07, 6.45) is 0.813. The third-order valence-corrected chi connectivity index (χ3v) is 7.13. The maximum absolute atomic E-state index is 13.3. The van der Waals surface area contributed by atoms with Crippen molar-refractivity contribution >= 4 is 22.5 Å². The van der Waals surface area contributed by atoms with E-state index in [1.807, 2.05) is 0 Å². The smallest absolute Gasteiger partial charge is 0.315 e. The molecule has 2 aliphatic heterocycles. The number of nitrogens with zero attached hydrogens (tertiary/aromatic N) is 4. The minimum Gasteiger partial charge on any atom is -0.595 e. The van der Waals surface area contributed by atoms with Crippen LogP contribution in [0.25, 0.3) is 10.9 Å². The zero-order valence-corrected chi connectivity index (χ0v) is 20.2. The molecule has 0 saturated carbocycles. The van der Waals surface area contributed by atoms with Crippen LogP contribution in [0.2, 0.25) is 0 Å². The van der Waals surface area contributed by atoms with Crippen molar-refractivity contribution in [3.8, 4) is 11.5 Å². The molecule has 3 unspecified atom stereocenters. The predicted octanol–water partition coefficient (Wildman–Crippen LogP) is -0.0669. The Morgan fingerprint density at radius 3 is 2.56 bits per heavy atom. The second-order valence-electron chi connectivity index (χ2n) is 9.26. The summed E-state index contributed by atoms with van der Waals surface area (Å²) in [6, 6.07) is 6.21. The molecule has 190 valence electrons. The molecule has 3 atom stereocenters. The number of piperidine rings is 1. The molecule has 1 aromatic carbocycles. The highest BCUT2D eigenvalue weighted by Crippen LogP contribution is 2.35. The van der Waals surface area contributed by atoms with Crippen LogP contribution in [0.5, 0.6) is 11.5 Å². The van der Waals surface area contributed by atoms with Crippen molar-refractivity contribution in [3.63, 3.8) is 0 Å². The number of methoxy groups -OCH3 is 2. The second kappa shape index (κ2) is 9.04. The van der Waals surface area contributed by atoms with Crippen LogP contribution >= 0.6 is 0 Å². The van der Waals surface area contributed by atoms with Crippen molar-refractivity contribution in [2.24, 2.45) is 5.92 Å². The SMILES string of the molecule is COc1cc2nc(C)n(CC(=O)N3CC4CC(C3)c3ccc([NH+]([O-])O)c(=O)n3C4)c(=O)c2cc1OC. The van der Waals surface area contributed by atoms with Crippen LogP contribution in [0.4, 0.5) is 5.69 Å². The molecule has 1 saturated heterocycles. The number of hydrogen-bond acceptors (Lipinski definition) is 8. The highest BCUT2D eigenvalue weighted by molar-refractivity contribution is 5.83. The number of rotatable bonds is 5. The molecule has 2 aromatic heterocycles. The molecule has 2 N–H and O–H groups in total. The number of quaternary nitrogens is 1. The molecule has 2 bridgehead atoms. The molecule has 3 aromatic rings. The fraction of sp³-hybridized carbons (Fsp3) is 0.417. The van der Waals surface area contributed by atoms with E-state index in [-0.39, 0.29) is 35.5 Å². The van der Waals surface area contributed by atoms with Crippen molar-refractivity contribution in [1.29, 1.82) is 0 Å². The number of ether oxygens (including phenoxy) is 2. The Morgan fingerprint density at radius 2 is 1.86 bits per heavy atom. The predicted molar refractivity (Wildman–Crippen MR) is 128 cm³/mol. The number of nitrogens with one attached hydrogen (secondary N) is 1. The highest BCUT2D eigenvalue weighted by Gasteiger charge is 2.37. The van der Waals surface area contributed by atoms with E-state index in [9.17, 15) is 24.8 Å². The number of hydrogen-bond donors (Lipinski definition) is 2.